The molecular formula is C14H23ClN2. The molecule has 0 aliphatic heterocycles. The van der Waals surface area contributed by atoms with Crippen LogP contribution in [-0.2, 0) is 6.42 Å². The van der Waals surface area contributed by atoms with E-state index >= 15 is 0 Å². The van der Waals surface area contributed by atoms with Crippen LogP contribution >= 0.6 is 11.6 Å². The van der Waals surface area contributed by atoms with Crippen molar-refractivity contribution in [1.82, 2.24) is 10.3 Å². The maximum absolute atomic E-state index is 6.19. The van der Waals surface area contributed by atoms with Crippen LogP contribution in [0.2, 0.25) is 5.02 Å². The quantitative estimate of drug-likeness (QED) is 0.840. The van der Waals surface area contributed by atoms with Crippen molar-refractivity contribution in [3.8, 4) is 0 Å². The van der Waals surface area contributed by atoms with Crippen molar-refractivity contribution >= 4 is 11.6 Å². The van der Waals surface area contributed by atoms with Gasteiger partial charge in [-0.2, -0.15) is 0 Å². The number of nitrogens with one attached hydrogen (secondary N) is 1. The summed E-state index contributed by atoms with van der Waals surface area (Å²) < 4.78 is 0. The van der Waals surface area contributed by atoms with Gasteiger partial charge in [0.05, 0.1) is 5.02 Å². The molecule has 0 fully saturated rings. The summed E-state index contributed by atoms with van der Waals surface area (Å²) >= 11 is 6.19. The molecule has 1 N–H and O–H groups in total. The third-order valence-electron chi connectivity index (χ3n) is 3.62. The normalized spacial score (nSPS) is 14.9. The van der Waals surface area contributed by atoms with Gasteiger partial charge in [0.15, 0.2) is 0 Å². The second-order valence-electron chi connectivity index (χ2n) is 5.23. The largest absolute Gasteiger partial charge is 0.316 e. The summed E-state index contributed by atoms with van der Waals surface area (Å²) in [6, 6.07) is 2.02. The Kier molecular flexibility index (Phi) is 5.41. The third kappa shape index (κ3) is 3.97. The first-order chi connectivity index (χ1) is 7.99. The van der Waals surface area contributed by atoms with Gasteiger partial charge in [0, 0.05) is 18.9 Å². The minimum atomic E-state index is 0.223. The van der Waals surface area contributed by atoms with E-state index in [2.05, 4.69) is 38.0 Å². The smallest absolute Gasteiger partial charge is 0.0621 e. The molecule has 96 valence electrons. The highest BCUT2D eigenvalue weighted by Crippen LogP contribution is 2.32. The Morgan fingerprint density at radius 2 is 2.18 bits per heavy atom. The van der Waals surface area contributed by atoms with Crippen LogP contribution in [0.3, 0.4) is 0 Å². The van der Waals surface area contributed by atoms with Crippen molar-refractivity contribution in [1.29, 1.82) is 0 Å². The Bertz CT molecular complexity index is 352. The summed E-state index contributed by atoms with van der Waals surface area (Å²) in [6.07, 6.45) is 4.53. The molecule has 0 aliphatic carbocycles. The molecule has 0 bridgehead atoms. The predicted molar refractivity (Wildman–Crippen MR) is 74.4 cm³/mol. The van der Waals surface area contributed by atoms with E-state index < -0.39 is 0 Å². The third-order valence-corrected chi connectivity index (χ3v) is 3.96. The maximum atomic E-state index is 6.19. The molecule has 2 nitrogen and oxygen atoms in total. The Hall–Kier alpha value is -0.600. The lowest BCUT2D eigenvalue weighted by Gasteiger charge is -2.34. The Morgan fingerprint density at radius 3 is 2.71 bits per heavy atom. The van der Waals surface area contributed by atoms with E-state index in [4.69, 9.17) is 11.6 Å². The van der Waals surface area contributed by atoms with Crippen molar-refractivity contribution in [3.63, 3.8) is 0 Å². The zero-order valence-corrected chi connectivity index (χ0v) is 12.0. The van der Waals surface area contributed by atoms with Gasteiger partial charge < -0.3 is 5.32 Å². The van der Waals surface area contributed by atoms with Gasteiger partial charge in [-0.25, -0.2) is 0 Å². The zero-order chi connectivity index (χ0) is 12.9. The van der Waals surface area contributed by atoms with E-state index in [0.29, 0.717) is 5.92 Å². The number of halogens is 1. The van der Waals surface area contributed by atoms with E-state index in [9.17, 15) is 0 Å². The number of pyridine rings is 1. The fraction of sp³-hybridized carbons (Fsp3) is 0.643. The fourth-order valence-corrected chi connectivity index (χ4v) is 2.05. The van der Waals surface area contributed by atoms with Crippen LogP contribution in [0, 0.1) is 11.3 Å². The first kappa shape index (κ1) is 14.5. The van der Waals surface area contributed by atoms with Gasteiger partial charge in [-0.05, 0) is 35.9 Å². The SMILES string of the molecule is CCNCC(C)(Cc1ccncc1Cl)C(C)C. The summed E-state index contributed by atoms with van der Waals surface area (Å²) in [7, 11) is 0. The highest BCUT2D eigenvalue weighted by atomic mass is 35.5. The van der Waals surface area contributed by atoms with Crippen molar-refractivity contribution in [2.75, 3.05) is 13.1 Å². The van der Waals surface area contributed by atoms with Crippen LogP contribution in [0.4, 0.5) is 0 Å². The molecule has 0 saturated carbocycles. The van der Waals surface area contributed by atoms with Crippen molar-refractivity contribution in [2.24, 2.45) is 11.3 Å². The Morgan fingerprint density at radius 1 is 1.47 bits per heavy atom. The van der Waals surface area contributed by atoms with Gasteiger partial charge in [-0.15, -0.1) is 0 Å². The van der Waals surface area contributed by atoms with Crippen LogP contribution in [0.15, 0.2) is 18.5 Å². The summed E-state index contributed by atoms with van der Waals surface area (Å²) in [6.45, 7) is 11.0. The van der Waals surface area contributed by atoms with Gasteiger partial charge in [0.1, 0.15) is 0 Å². The number of rotatable bonds is 6. The molecule has 0 saturated heterocycles. The number of nitrogens with zero attached hydrogens (tertiary/aromatic N) is 1. The molecule has 1 rings (SSSR count). The van der Waals surface area contributed by atoms with Crippen molar-refractivity contribution in [2.45, 2.75) is 34.1 Å². The van der Waals surface area contributed by atoms with E-state index in [1.54, 1.807) is 6.20 Å². The van der Waals surface area contributed by atoms with Crippen LogP contribution in [0.5, 0.6) is 0 Å². The second kappa shape index (κ2) is 6.36. The molecule has 0 spiro atoms. The van der Waals surface area contributed by atoms with Crippen LogP contribution < -0.4 is 5.32 Å². The standard InChI is InChI=1S/C14H23ClN2/c1-5-16-10-14(4,11(2)3)8-12-6-7-17-9-13(12)15/h6-7,9,11,16H,5,8,10H2,1-4H3. The summed E-state index contributed by atoms with van der Waals surface area (Å²) in [4.78, 5) is 4.03. The lowest BCUT2D eigenvalue weighted by molar-refractivity contribution is 0.209. The minimum Gasteiger partial charge on any atom is -0.316 e. The molecule has 3 heteroatoms. The van der Waals surface area contributed by atoms with E-state index in [1.165, 1.54) is 5.56 Å². The molecule has 0 aromatic carbocycles. The monoisotopic (exact) mass is 254 g/mol. The van der Waals surface area contributed by atoms with Gasteiger partial charge in [-0.1, -0.05) is 39.3 Å². The summed E-state index contributed by atoms with van der Waals surface area (Å²) in [5.41, 5.74) is 1.41. The maximum Gasteiger partial charge on any atom is 0.0621 e. The first-order valence-corrected chi connectivity index (χ1v) is 6.66. The average molecular weight is 255 g/mol. The molecule has 1 atom stereocenters. The van der Waals surface area contributed by atoms with E-state index in [0.717, 1.165) is 24.5 Å². The van der Waals surface area contributed by atoms with E-state index in [1.807, 2.05) is 12.3 Å². The van der Waals surface area contributed by atoms with Crippen molar-refractivity contribution in [3.05, 3.63) is 29.0 Å². The molecule has 1 unspecified atom stereocenters. The molecule has 1 heterocycles. The minimum absolute atomic E-state index is 0.223. The Labute approximate surface area is 110 Å². The lowest BCUT2D eigenvalue weighted by Crippen LogP contribution is -2.38. The molecule has 17 heavy (non-hydrogen) atoms. The first-order valence-electron chi connectivity index (χ1n) is 6.28. The molecule has 0 amide bonds. The topological polar surface area (TPSA) is 24.9 Å². The fourth-order valence-electron chi connectivity index (χ4n) is 1.86. The van der Waals surface area contributed by atoms with Gasteiger partial charge in [-0.3, -0.25) is 4.98 Å². The van der Waals surface area contributed by atoms with Crippen molar-refractivity contribution < 1.29 is 0 Å². The average Bonchev–Trinajstić information content (AvgIpc) is 2.29. The van der Waals surface area contributed by atoms with Gasteiger partial charge >= 0.3 is 0 Å². The molecule has 1 aromatic rings. The number of hydrogen-bond donors (Lipinski definition) is 1. The molecule has 0 radical (unpaired) electrons. The summed E-state index contributed by atoms with van der Waals surface area (Å²) in [5, 5.41) is 4.23. The second-order valence-corrected chi connectivity index (χ2v) is 5.64. The van der Waals surface area contributed by atoms with Gasteiger partial charge in [0.2, 0.25) is 0 Å². The molecular weight excluding hydrogens is 232 g/mol. The molecule has 0 aliphatic rings. The van der Waals surface area contributed by atoms with Gasteiger partial charge in [0.25, 0.3) is 0 Å². The van der Waals surface area contributed by atoms with Crippen LogP contribution in [0.1, 0.15) is 33.3 Å². The number of hydrogen-bond acceptors (Lipinski definition) is 2. The van der Waals surface area contributed by atoms with Crippen LogP contribution in [0.25, 0.3) is 0 Å². The highest BCUT2D eigenvalue weighted by molar-refractivity contribution is 6.31. The van der Waals surface area contributed by atoms with E-state index in [-0.39, 0.29) is 5.41 Å². The summed E-state index contributed by atoms with van der Waals surface area (Å²) in [5.74, 6) is 0.603. The highest BCUT2D eigenvalue weighted by Gasteiger charge is 2.28. The van der Waals surface area contributed by atoms with Crippen LogP contribution in [-0.4, -0.2) is 18.1 Å². The predicted octanol–water partition coefficient (Wildman–Crippen LogP) is 3.55. The number of aromatic nitrogens is 1. The molecule has 1 aromatic heterocycles. The zero-order valence-electron chi connectivity index (χ0n) is 11.3. The Balaban J connectivity index is 2.83. The lowest BCUT2D eigenvalue weighted by atomic mass is 9.74.